The monoisotopic (exact) mass is 436 g/mol. The fraction of sp³-hybridized carbons (Fsp3) is 0.333. The first-order valence-corrected chi connectivity index (χ1v) is 11.2. The van der Waals surface area contributed by atoms with Gasteiger partial charge in [0.2, 0.25) is 0 Å². The van der Waals surface area contributed by atoms with E-state index in [4.69, 9.17) is 5.11 Å². The van der Waals surface area contributed by atoms with Crippen LogP contribution in [0, 0.1) is 11.8 Å². The topological polar surface area (TPSA) is 77.4 Å². The standard InChI is InChI=1S/C18H24O3S.C6H6O.Na/c1-12(2)9-15-11-14-7-5-6-8-16(14)18(22(19,20)21)17(15)10-13(3)4;7-6-4-2-1-3-5-6;/h5-8,11-13H,9-10H2,1-4H3,(H,19,20,21);1-5,7H;/q;;+1/p-1. The van der Waals surface area contributed by atoms with Crippen LogP contribution in [-0.2, 0) is 23.0 Å². The Morgan fingerprint density at radius 3 is 1.87 bits per heavy atom. The molecule has 0 heterocycles. The molecule has 30 heavy (non-hydrogen) atoms. The van der Waals surface area contributed by atoms with Crippen molar-refractivity contribution < 1.29 is 47.6 Å². The van der Waals surface area contributed by atoms with Gasteiger partial charge in [-0.2, -0.15) is 0 Å². The van der Waals surface area contributed by atoms with Gasteiger partial charge in [-0.25, -0.2) is 8.42 Å². The molecule has 0 amide bonds. The van der Waals surface area contributed by atoms with Crippen LogP contribution in [-0.4, -0.2) is 18.1 Å². The van der Waals surface area contributed by atoms with Crippen LogP contribution in [0.15, 0.2) is 65.6 Å². The van der Waals surface area contributed by atoms with Crippen molar-refractivity contribution in [1.29, 1.82) is 0 Å². The molecule has 0 atom stereocenters. The molecule has 0 fully saturated rings. The maximum atomic E-state index is 11.9. The Kier molecular flexibility index (Phi) is 10.5. The Balaban J connectivity index is 0.000000477. The third kappa shape index (κ3) is 7.71. The van der Waals surface area contributed by atoms with E-state index in [1.165, 1.54) is 0 Å². The van der Waals surface area contributed by atoms with Gasteiger partial charge in [0, 0.05) is 0 Å². The molecule has 0 saturated carbocycles. The van der Waals surface area contributed by atoms with Crippen LogP contribution < -0.4 is 29.6 Å². The van der Waals surface area contributed by atoms with E-state index in [0.717, 1.165) is 17.4 Å². The van der Waals surface area contributed by atoms with E-state index in [2.05, 4.69) is 13.8 Å². The Bertz CT molecular complexity index is 1050. The van der Waals surface area contributed by atoms with Crippen LogP contribution >= 0.6 is 0 Å². The molecule has 3 aromatic rings. The SMILES string of the molecule is CC(C)Cc1cc2ccccc2c(S(=O)(=O)[O-])c1CC(C)C.Oc1ccccc1.[Na+]. The molecule has 0 spiro atoms. The van der Waals surface area contributed by atoms with Gasteiger partial charge in [0.1, 0.15) is 15.9 Å². The van der Waals surface area contributed by atoms with Gasteiger partial charge < -0.3 is 9.66 Å². The molecule has 4 nitrogen and oxygen atoms in total. The van der Waals surface area contributed by atoms with Gasteiger partial charge in [0.05, 0.1) is 4.90 Å². The molecule has 0 bridgehead atoms. The zero-order valence-corrected chi connectivity index (χ0v) is 21.2. The zero-order valence-electron chi connectivity index (χ0n) is 18.4. The van der Waals surface area contributed by atoms with Gasteiger partial charge in [0.15, 0.2) is 0 Å². The zero-order chi connectivity index (χ0) is 21.6. The number of rotatable bonds is 5. The molecule has 3 aromatic carbocycles. The van der Waals surface area contributed by atoms with Gasteiger partial charge in [-0.1, -0.05) is 76.2 Å². The fourth-order valence-corrected chi connectivity index (χ4v) is 4.35. The summed E-state index contributed by atoms with van der Waals surface area (Å²) in [6.45, 7) is 8.27. The van der Waals surface area contributed by atoms with E-state index in [-0.39, 0.29) is 40.4 Å². The predicted octanol–water partition coefficient (Wildman–Crippen LogP) is 2.54. The number of hydrogen-bond acceptors (Lipinski definition) is 4. The third-order valence-electron chi connectivity index (χ3n) is 4.44. The molecule has 6 heteroatoms. The summed E-state index contributed by atoms with van der Waals surface area (Å²) in [6, 6.07) is 18.0. The first kappa shape index (κ1) is 26.7. The maximum Gasteiger partial charge on any atom is 1.00 e. The van der Waals surface area contributed by atoms with E-state index in [1.807, 2.05) is 38.1 Å². The van der Waals surface area contributed by atoms with Crippen molar-refractivity contribution in [2.75, 3.05) is 0 Å². The van der Waals surface area contributed by atoms with Crippen LogP contribution in [0.5, 0.6) is 5.75 Å². The summed E-state index contributed by atoms with van der Waals surface area (Å²) in [5.41, 5.74) is 1.69. The number of phenols is 1. The minimum atomic E-state index is -4.51. The number of para-hydroxylation sites is 1. The number of phenolic OH excluding ortho intramolecular Hbond substituents is 1. The summed E-state index contributed by atoms with van der Waals surface area (Å²) in [5.74, 6) is 1.00. The van der Waals surface area contributed by atoms with Crippen LogP contribution in [0.2, 0.25) is 0 Å². The van der Waals surface area contributed by atoms with Crippen LogP contribution in [0.1, 0.15) is 38.8 Å². The third-order valence-corrected chi connectivity index (χ3v) is 5.41. The van der Waals surface area contributed by atoms with Gasteiger partial charge in [0.25, 0.3) is 0 Å². The van der Waals surface area contributed by atoms with E-state index in [0.29, 0.717) is 29.0 Å². The quantitative estimate of drug-likeness (QED) is 0.493. The molecule has 0 aromatic heterocycles. The summed E-state index contributed by atoms with van der Waals surface area (Å²) in [7, 11) is -4.51. The van der Waals surface area contributed by atoms with Gasteiger partial charge in [-0.3, -0.25) is 0 Å². The van der Waals surface area contributed by atoms with Crippen LogP contribution in [0.25, 0.3) is 10.8 Å². The summed E-state index contributed by atoms with van der Waals surface area (Å²) in [4.78, 5) is -0.0186. The number of aromatic hydroxyl groups is 1. The van der Waals surface area contributed by atoms with E-state index in [1.54, 1.807) is 36.4 Å². The minimum Gasteiger partial charge on any atom is -0.744 e. The fourth-order valence-electron chi connectivity index (χ4n) is 3.38. The molecule has 0 aliphatic carbocycles. The van der Waals surface area contributed by atoms with Crippen LogP contribution in [0.3, 0.4) is 0 Å². The first-order valence-electron chi connectivity index (χ1n) is 9.83. The second-order valence-electron chi connectivity index (χ2n) is 8.05. The van der Waals surface area contributed by atoms with Gasteiger partial charge >= 0.3 is 29.6 Å². The molecule has 0 radical (unpaired) electrons. The molecular weight excluding hydrogens is 407 g/mol. The maximum absolute atomic E-state index is 11.9. The number of hydrogen-bond donors (Lipinski definition) is 1. The predicted molar refractivity (Wildman–Crippen MR) is 117 cm³/mol. The minimum absolute atomic E-state index is 0. The summed E-state index contributed by atoms with van der Waals surface area (Å²) in [6.07, 6.45) is 1.37. The van der Waals surface area contributed by atoms with Crippen molar-refractivity contribution in [3.63, 3.8) is 0 Å². The molecule has 156 valence electrons. The van der Waals surface area contributed by atoms with E-state index >= 15 is 0 Å². The van der Waals surface area contributed by atoms with E-state index in [9.17, 15) is 13.0 Å². The average molecular weight is 437 g/mol. The molecule has 0 aliphatic rings. The Labute approximate surface area is 202 Å². The van der Waals surface area contributed by atoms with E-state index < -0.39 is 10.1 Å². The van der Waals surface area contributed by atoms with Crippen molar-refractivity contribution in [3.8, 4) is 5.75 Å². The summed E-state index contributed by atoms with van der Waals surface area (Å²) in [5, 5.41) is 9.99. The largest absolute Gasteiger partial charge is 1.00 e. The molecular formula is C24H29NaO4S. The smallest absolute Gasteiger partial charge is 0.744 e. The molecule has 0 saturated heterocycles. The average Bonchev–Trinajstić information content (AvgIpc) is 2.61. The second-order valence-corrected chi connectivity index (χ2v) is 9.37. The Morgan fingerprint density at radius 1 is 0.867 bits per heavy atom. The van der Waals surface area contributed by atoms with Gasteiger partial charge in [-0.15, -0.1) is 0 Å². The Hall–Kier alpha value is -1.37. The molecule has 0 aliphatic heterocycles. The van der Waals surface area contributed by atoms with Gasteiger partial charge in [-0.05, 0) is 58.7 Å². The number of benzene rings is 3. The molecule has 0 unspecified atom stereocenters. The first-order chi connectivity index (χ1) is 13.6. The van der Waals surface area contributed by atoms with Crippen molar-refractivity contribution in [2.45, 2.75) is 45.4 Å². The molecule has 3 rings (SSSR count). The van der Waals surface area contributed by atoms with Crippen molar-refractivity contribution >= 4 is 20.9 Å². The summed E-state index contributed by atoms with van der Waals surface area (Å²) < 4.78 is 35.8. The van der Waals surface area contributed by atoms with Crippen molar-refractivity contribution in [3.05, 3.63) is 71.8 Å². The molecule has 1 N–H and O–H groups in total. The van der Waals surface area contributed by atoms with Crippen molar-refractivity contribution in [1.82, 2.24) is 0 Å². The summed E-state index contributed by atoms with van der Waals surface area (Å²) >= 11 is 0. The number of fused-ring (bicyclic) bond motifs is 1. The van der Waals surface area contributed by atoms with Crippen molar-refractivity contribution in [2.24, 2.45) is 11.8 Å². The van der Waals surface area contributed by atoms with Crippen LogP contribution in [0.4, 0.5) is 0 Å². The Morgan fingerprint density at radius 2 is 1.40 bits per heavy atom. The second kappa shape index (κ2) is 11.9. The normalized spacial score (nSPS) is 11.2.